The third-order valence-corrected chi connectivity index (χ3v) is 4.06. The van der Waals surface area contributed by atoms with Gasteiger partial charge in [0.2, 0.25) is 5.91 Å². The highest BCUT2D eigenvalue weighted by molar-refractivity contribution is 6.02. The minimum Gasteiger partial charge on any atom is -0.497 e. The predicted molar refractivity (Wildman–Crippen MR) is 108 cm³/mol. The van der Waals surface area contributed by atoms with Crippen LogP contribution in [0.5, 0.6) is 11.5 Å². The Morgan fingerprint density at radius 1 is 1.10 bits per heavy atom. The van der Waals surface area contributed by atoms with Gasteiger partial charge in [0.15, 0.2) is 0 Å². The number of anilines is 1. The number of amides is 1. The molecule has 29 heavy (non-hydrogen) atoms. The van der Waals surface area contributed by atoms with Crippen LogP contribution >= 0.6 is 0 Å². The highest BCUT2D eigenvalue weighted by Crippen LogP contribution is 2.31. The van der Waals surface area contributed by atoms with E-state index in [9.17, 15) is 14.9 Å². The number of benzene rings is 2. The third-order valence-electron chi connectivity index (χ3n) is 4.06. The molecule has 148 valence electrons. The van der Waals surface area contributed by atoms with Crippen molar-refractivity contribution in [1.82, 2.24) is 0 Å². The lowest BCUT2D eigenvalue weighted by molar-refractivity contribution is -0.384. The van der Waals surface area contributed by atoms with Crippen molar-refractivity contribution in [3.05, 3.63) is 76.5 Å². The molecule has 0 aliphatic heterocycles. The average molecular weight is 394 g/mol. The van der Waals surface area contributed by atoms with Gasteiger partial charge >= 0.3 is 0 Å². The lowest BCUT2D eigenvalue weighted by atomic mass is 10.1. The monoisotopic (exact) mass is 394 g/mol. The number of hydrogen-bond acceptors (Lipinski definition) is 6. The van der Waals surface area contributed by atoms with Gasteiger partial charge in [0.1, 0.15) is 23.0 Å². The van der Waals surface area contributed by atoms with Crippen LogP contribution in [0.25, 0.3) is 17.4 Å². The number of methoxy groups -OCH3 is 2. The lowest BCUT2D eigenvalue weighted by Gasteiger charge is -2.10. The molecular weight excluding hydrogens is 376 g/mol. The van der Waals surface area contributed by atoms with Crippen molar-refractivity contribution in [1.29, 1.82) is 0 Å². The smallest absolute Gasteiger partial charge is 0.280 e. The van der Waals surface area contributed by atoms with Gasteiger partial charge in [-0.25, -0.2) is 0 Å². The van der Waals surface area contributed by atoms with E-state index in [-0.39, 0.29) is 5.69 Å². The topological polar surface area (TPSA) is 104 Å². The van der Waals surface area contributed by atoms with E-state index in [4.69, 9.17) is 13.9 Å². The Labute approximate surface area is 166 Å². The zero-order valence-corrected chi connectivity index (χ0v) is 15.7. The number of carbonyl (C=O) groups excluding carboxylic acids is 1. The molecule has 1 aromatic heterocycles. The first-order valence-electron chi connectivity index (χ1n) is 8.56. The number of furan rings is 1. The normalized spacial score (nSPS) is 10.7. The molecule has 3 aromatic rings. The molecule has 1 amide bonds. The standard InChI is InChI=1S/C21H18N2O6/c1-27-15-8-11-20(28-2)17(13-15)22-21(24)12-9-14-7-10-19(29-14)16-5-3-4-6-18(16)23(25)26/h3-13H,1-2H3,(H,22,24)/b12-9+. The van der Waals surface area contributed by atoms with E-state index in [1.54, 1.807) is 48.5 Å². The molecule has 2 aromatic carbocycles. The summed E-state index contributed by atoms with van der Waals surface area (Å²) in [6, 6.07) is 14.6. The van der Waals surface area contributed by atoms with Gasteiger partial charge in [-0.3, -0.25) is 14.9 Å². The predicted octanol–water partition coefficient (Wildman–Crippen LogP) is 4.52. The summed E-state index contributed by atoms with van der Waals surface area (Å²) in [7, 11) is 3.03. The summed E-state index contributed by atoms with van der Waals surface area (Å²) in [5.41, 5.74) is 0.768. The van der Waals surface area contributed by atoms with Crippen molar-refractivity contribution in [2.75, 3.05) is 19.5 Å². The molecule has 0 radical (unpaired) electrons. The van der Waals surface area contributed by atoms with Crippen LogP contribution in [0.3, 0.4) is 0 Å². The van der Waals surface area contributed by atoms with Crippen LogP contribution < -0.4 is 14.8 Å². The van der Waals surface area contributed by atoms with Crippen LogP contribution in [0, 0.1) is 10.1 Å². The Morgan fingerprint density at radius 2 is 1.90 bits per heavy atom. The Morgan fingerprint density at radius 3 is 2.62 bits per heavy atom. The number of para-hydroxylation sites is 1. The van der Waals surface area contributed by atoms with Gasteiger partial charge in [-0.15, -0.1) is 0 Å². The summed E-state index contributed by atoms with van der Waals surface area (Å²) in [6.45, 7) is 0. The quantitative estimate of drug-likeness (QED) is 0.359. The molecule has 0 aliphatic rings. The maximum Gasteiger partial charge on any atom is 0.280 e. The molecule has 0 saturated carbocycles. The van der Waals surface area contributed by atoms with Crippen molar-refractivity contribution in [3.63, 3.8) is 0 Å². The highest BCUT2D eigenvalue weighted by Gasteiger charge is 2.16. The van der Waals surface area contributed by atoms with Gasteiger partial charge in [-0.1, -0.05) is 12.1 Å². The number of nitrogens with one attached hydrogen (secondary N) is 1. The van der Waals surface area contributed by atoms with Gasteiger partial charge in [0.05, 0.1) is 30.4 Å². The van der Waals surface area contributed by atoms with Gasteiger partial charge < -0.3 is 19.2 Å². The molecule has 0 bridgehead atoms. The SMILES string of the molecule is COc1ccc(OC)c(NC(=O)/C=C/c2ccc(-c3ccccc3[N+](=O)[O-])o2)c1. The fourth-order valence-electron chi connectivity index (χ4n) is 2.67. The van der Waals surface area contributed by atoms with E-state index in [0.29, 0.717) is 34.3 Å². The number of carbonyl (C=O) groups is 1. The van der Waals surface area contributed by atoms with Crippen LogP contribution in [0.15, 0.2) is 65.1 Å². The van der Waals surface area contributed by atoms with Crippen molar-refractivity contribution >= 4 is 23.4 Å². The summed E-state index contributed by atoms with van der Waals surface area (Å²) in [4.78, 5) is 22.9. The van der Waals surface area contributed by atoms with E-state index < -0.39 is 10.8 Å². The molecule has 0 spiro atoms. The van der Waals surface area contributed by atoms with Crippen molar-refractivity contribution in [3.8, 4) is 22.8 Å². The van der Waals surface area contributed by atoms with Gasteiger partial charge in [0.25, 0.3) is 5.69 Å². The van der Waals surface area contributed by atoms with Gasteiger partial charge in [-0.2, -0.15) is 0 Å². The molecule has 3 rings (SSSR count). The number of nitrogens with zero attached hydrogens (tertiary/aromatic N) is 1. The maximum absolute atomic E-state index is 12.2. The second-order valence-electron chi connectivity index (χ2n) is 5.87. The van der Waals surface area contributed by atoms with E-state index in [2.05, 4.69) is 5.32 Å². The summed E-state index contributed by atoms with van der Waals surface area (Å²) in [5, 5.41) is 13.9. The van der Waals surface area contributed by atoms with Crippen molar-refractivity contribution in [2.24, 2.45) is 0 Å². The first-order chi connectivity index (χ1) is 14.0. The van der Waals surface area contributed by atoms with Gasteiger partial charge in [-0.05, 0) is 36.4 Å². The summed E-state index contributed by atoms with van der Waals surface area (Å²) < 4.78 is 16.0. The van der Waals surface area contributed by atoms with Gasteiger partial charge in [0, 0.05) is 18.2 Å². The zero-order valence-electron chi connectivity index (χ0n) is 15.7. The number of nitro groups is 1. The molecule has 0 saturated heterocycles. The second-order valence-corrected chi connectivity index (χ2v) is 5.87. The minimum atomic E-state index is -0.470. The Hall–Kier alpha value is -4.07. The molecule has 0 aliphatic carbocycles. The largest absolute Gasteiger partial charge is 0.497 e. The van der Waals surface area contributed by atoms with E-state index >= 15 is 0 Å². The van der Waals surface area contributed by atoms with Crippen LogP contribution in [-0.4, -0.2) is 25.1 Å². The average Bonchev–Trinajstić information content (AvgIpc) is 3.21. The molecule has 0 unspecified atom stereocenters. The summed E-state index contributed by atoms with van der Waals surface area (Å²) in [6.07, 6.45) is 2.77. The molecule has 1 N–H and O–H groups in total. The van der Waals surface area contributed by atoms with Crippen molar-refractivity contribution in [2.45, 2.75) is 0 Å². The second kappa shape index (κ2) is 8.75. The lowest BCUT2D eigenvalue weighted by Crippen LogP contribution is -2.09. The van der Waals surface area contributed by atoms with Crippen molar-refractivity contribution < 1.29 is 23.6 Å². The number of ether oxygens (including phenoxy) is 2. The molecule has 8 nitrogen and oxygen atoms in total. The molecule has 1 heterocycles. The van der Waals surface area contributed by atoms with Crippen LogP contribution in [0.2, 0.25) is 0 Å². The van der Waals surface area contributed by atoms with Crippen LogP contribution in [-0.2, 0) is 4.79 Å². The Bertz CT molecular complexity index is 1070. The zero-order chi connectivity index (χ0) is 20.8. The first kappa shape index (κ1) is 19.7. The maximum atomic E-state index is 12.2. The number of rotatable bonds is 7. The number of nitro benzene ring substituents is 1. The fourth-order valence-corrected chi connectivity index (χ4v) is 2.67. The fraction of sp³-hybridized carbons (Fsp3) is 0.0952. The van der Waals surface area contributed by atoms with E-state index in [1.165, 1.54) is 32.4 Å². The Kier molecular flexibility index (Phi) is 5.94. The van der Waals surface area contributed by atoms with E-state index in [0.717, 1.165) is 0 Å². The molecule has 0 fully saturated rings. The van der Waals surface area contributed by atoms with Crippen LogP contribution in [0.4, 0.5) is 11.4 Å². The van der Waals surface area contributed by atoms with E-state index in [1.807, 2.05) is 0 Å². The molecular formula is C21H18N2O6. The minimum absolute atomic E-state index is 0.0553. The summed E-state index contributed by atoms with van der Waals surface area (Å²) >= 11 is 0. The van der Waals surface area contributed by atoms with Crippen LogP contribution in [0.1, 0.15) is 5.76 Å². The number of hydrogen-bond donors (Lipinski definition) is 1. The Balaban J connectivity index is 1.75. The highest BCUT2D eigenvalue weighted by atomic mass is 16.6. The third kappa shape index (κ3) is 4.62. The first-order valence-corrected chi connectivity index (χ1v) is 8.56. The summed E-state index contributed by atoms with van der Waals surface area (Å²) in [5.74, 6) is 1.38. The molecule has 8 heteroatoms. The molecule has 0 atom stereocenters.